The number of carbonyl (C=O) groups excluding carboxylic acids is 3. The first-order valence-corrected chi connectivity index (χ1v) is 9.21. The number of hydrogen-bond donors (Lipinski definition) is 1. The lowest BCUT2D eigenvalue weighted by molar-refractivity contribution is -0.112. The van der Waals surface area contributed by atoms with Gasteiger partial charge in [0.25, 0.3) is 11.8 Å². The fourth-order valence-corrected chi connectivity index (χ4v) is 3.00. The number of esters is 1. The summed E-state index contributed by atoms with van der Waals surface area (Å²) in [5.41, 5.74) is 0.334. The molecule has 1 aromatic heterocycles. The maximum Gasteiger partial charge on any atom is 0.339 e. The van der Waals surface area contributed by atoms with Crippen molar-refractivity contribution in [3.63, 3.8) is 0 Å². The zero-order valence-electron chi connectivity index (χ0n) is 16.3. The number of ether oxygens (including phenoxy) is 1. The number of carbonyl (C=O) groups is 3. The van der Waals surface area contributed by atoms with Crippen molar-refractivity contribution < 1.29 is 23.5 Å². The molecule has 1 aliphatic rings. The normalized spacial score (nSPS) is 14.1. The minimum absolute atomic E-state index is 0.111. The highest BCUT2D eigenvalue weighted by molar-refractivity contribution is 6.09. The van der Waals surface area contributed by atoms with Gasteiger partial charge in [-0.3, -0.25) is 9.59 Å². The van der Waals surface area contributed by atoms with Gasteiger partial charge in [-0.15, -0.1) is 0 Å². The van der Waals surface area contributed by atoms with Gasteiger partial charge in [-0.05, 0) is 24.3 Å². The third-order valence-electron chi connectivity index (χ3n) is 4.59. The number of hydrogen-bond acceptors (Lipinski definition) is 7. The number of para-hydroxylation sites is 1. The van der Waals surface area contributed by atoms with E-state index in [0.29, 0.717) is 26.2 Å². The van der Waals surface area contributed by atoms with E-state index in [0.717, 1.165) is 0 Å². The van der Waals surface area contributed by atoms with Crippen molar-refractivity contribution in [2.45, 2.75) is 0 Å². The van der Waals surface area contributed by atoms with E-state index in [2.05, 4.69) is 5.32 Å². The summed E-state index contributed by atoms with van der Waals surface area (Å²) >= 11 is 0. The topological polar surface area (TPSA) is 116 Å². The van der Waals surface area contributed by atoms with Gasteiger partial charge in [-0.2, -0.15) is 5.26 Å². The summed E-state index contributed by atoms with van der Waals surface area (Å²) in [7, 11) is 1.25. The van der Waals surface area contributed by atoms with Gasteiger partial charge in [0.15, 0.2) is 5.76 Å². The zero-order chi connectivity index (χ0) is 21.5. The SMILES string of the molecule is COC(=O)c1ccccc1NC(=O)/C(C#N)=C\N1CCN(C(=O)c2ccco2)CC1. The standard InChI is InChI=1S/C21H20N4O5/c1-29-21(28)16-5-2-3-6-17(16)23-19(26)15(13-22)14-24-8-10-25(11-9-24)20(27)18-7-4-12-30-18/h2-7,12,14H,8-11H2,1H3,(H,23,26)/b15-14-. The molecule has 0 atom stereocenters. The number of piperazine rings is 1. The highest BCUT2D eigenvalue weighted by Crippen LogP contribution is 2.17. The quantitative estimate of drug-likeness (QED) is 0.456. The third kappa shape index (κ3) is 4.67. The van der Waals surface area contributed by atoms with Gasteiger partial charge in [0, 0.05) is 32.4 Å². The second kappa shape index (κ2) is 9.43. The Balaban J connectivity index is 1.64. The van der Waals surface area contributed by atoms with E-state index in [1.54, 1.807) is 40.1 Å². The van der Waals surface area contributed by atoms with Gasteiger partial charge in [0.05, 0.1) is 24.6 Å². The van der Waals surface area contributed by atoms with E-state index in [1.807, 2.05) is 6.07 Å². The molecule has 2 aromatic rings. The second-order valence-electron chi connectivity index (χ2n) is 6.45. The van der Waals surface area contributed by atoms with Crippen molar-refractivity contribution in [3.05, 3.63) is 65.8 Å². The summed E-state index contributed by atoms with van der Waals surface area (Å²) in [5, 5.41) is 12.0. The first kappa shape index (κ1) is 20.7. The molecule has 1 fully saturated rings. The van der Waals surface area contributed by atoms with E-state index in [-0.39, 0.29) is 28.5 Å². The Morgan fingerprint density at radius 2 is 1.87 bits per heavy atom. The van der Waals surface area contributed by atoms with Crippen molar-refractivity contribution in [2.75, 3.05) is 38.6 Å². The van der Waals surface area contributed by atoms with Gasteiger partial charge >= 0.3 is 5.97 Å². The van der Waals surface area contributed by atoms with Gasteiger partial charge in [-0.1, -0.05) is 12.1 Å². The van der Waals surface area contributed by atoms with Crippen LogP contribution in [0.5, 0.6) is 0 Å². The van der Waals surface area contributed by atoms with E-state index in [4.69, 9.17) is 9.15 Å². The summed E-state index contributed by atoms with van der Waals surface area (Å²) in [6, 6.07) is 11.5. The molecule has 0 aliphatic carbocycles. The summed E-state index contributed by atoms with van der Waals surface area (Å²) in [6.45, 7) is 1.79. The van der Waals surface area contributed by atoms with Crippen LogP contribution in [0.1, 0.15) is 20.9 Å². The van der Waals surface area contributed by atoms with Gasteiger partial charge in [0.1, 0.15) is 11.6 Å². The average Bonchev–Trinajstić information content (AvgIpc) is 3.32. The van der Waals surface area contributed by atoms with Crippen molar-refractivity contribution in [2.24, 2.45) is 0 Å². The van der Waals surface area contributed by atoms with Crippen LogP contribution in [-0.4, -0.2) is 60.9 Å². The number of anilines is 1. The fraction of sp³-hybridized carbons (Fsp3) is 0.238. The maximum absolute atomic E-state index is 12.6. The van der Waals surface area contributed by atoms with Crippen LogP contribution in [0.25, 0.3) is 0 Å². The predicted octanol–water partition coefficient (Wildman–Crippen LogP) is 1.87. The number of nitriles is 1. The molecule has 2 amide bonds. The van der Waals surface area contributed by atoms with Crippen LogP contribution in [0.3, 0.4) is 0 Å². The summed E-state index contributed by atoms with van der Waals surface area (Å²) in [6.07, 6.45) is 2.91. The van der Waals surface area contributed by atoms with E-state index in [9.17, 15) is 19.6 Å². The molecular formula is C21H20N4O5. The molecule has 2 heterocycles. The molecule has 154 valence electrons. The molecule has 1 saturated heterocycles. The predicted molar refractivity (Wildman–Crippen MR) is 106 cm³/mol. The largest absolute Gasteiger partial charge is 0.465 e. The lowest BCUT2D eigenvalue weighted by atomic mass is 10.1. The Morgan fingerprint density at radius 3 is 2.50 bits per heavy atom. The lowest BCUT2D eigenvalue weighted by Gasteiger charge is -2.33. The molecule has 1 N–H and O–H groups in total. The highest BCUT2D eigenvalue weighted by atomic mass is 16.5. The Bertz CT molecular complexity index is 999. The summed E-state index contributed by atoms with van der Waals surface area (Å²) < 4.78 is 9.84. The smallest absolute Gasteiger partial charge is 0.339 e. The van der Waals surface area contributed by atoms with Crippen molar-refractivity contribution in [3.8, 4) is 6.07 Å². The van der Waals surface area contributed by atoms with Gasteiger partial charge in [0.2, 0.25) is 0 Å². The number of rotatable bonds is 5. The fourth-order valence-electron chi connectivity index (χ4n) is 3.00. The van der Waals surface area contributed by atoms with Crippen LogP contribution in [-0.2, 0) is 9.53 Å². The number of benzene rings is 1. The van der Waals surface area contributed by atoms with Crippen LogP contribution in [0.2, 0.25) is 0 Å². The molecule has 1 aromatic carbocycles. The minimum Gasteiger partial charge on any atom is -0.465 e. The van der Waals surface area contributed by atoms with Crippen LogP contribution >= 0.6 is 0 Å². The average molecular weight is 408 g/mol. The maximum atomic E-state index is 12.6. The Labute approximate surface area is 173 Å². The lowest BCUT2D eigenvalue weighted by Crippen LogP contribution is -2.47. The molecule has 3 rings (SSSR count). The van der Waals surface area contributed by atoms with Crippen LogP contribution in [0, 0.1) is 11.3 Å². The van der Waals surface area contributed by atoms with Crippen molar-refractivity contribution >= 4 is 23.5 Å². The second-order valence-corrected chi connectivity index (χ2v) is 6.45. The molecule has 0 radical (unpaired) electrons. The molecule has 0 saturated carbocycles. The van der Waals surface area contributed by atoms with Gasteiger partial charge < -0.3 is 24.3 Å². The number of nitrogens with one attached hydrogen (secondary N) is 1. The molecule has 0 spiro atoms. The van der Waals surface area contributed by atoms with Crippen LogP contribution in [0.4, 0.5) is 5.69 Å². The van der Waals surface area contributed by atoms with Gasteiger partial charge in [-0.25, -0.2) is 4.79 Å². The highest BCUT2D eigenvalue weighted by Gasteiger charge is 2.23. The molecule has 9 nitrogen and oxygen atoms in total. The minimum atomic E-state index is -0.636. The zero-order valence-corrected chi connectivity index (χ0v) is 16.3. The Morgan fingerprint density at radius 1 is 1.13 bits per heavy atom. The molecule has 0 bridgehead atoms. The number of nitrogens with zero attached hydrogens (tertiary/aromatic N) is 3. The Hall–Kier alpha value is -4.06. The monoisotopic (exact) mass is 408 g/mol. The van der Waals surface area contributed by atoms with Crippen LogP contribution < -0.4 is 5.32 Å². The van der Waals surface area contributed by atoms with E-state index < -0.39 is 11.9 Å². The molecule has 1 aliphatic heterocycles. The van der Waals surface area contributed by atoms with Crippen molar-refractivity contribution in [1.82, 2.24) is 9.80 Å². The molecular weight excluding hydrogens is 388 g/mol. The Kier molecular flexibility index (Phi) is 6.49. The first-order chi connectivity index (χ1) is 14.5. The number of furan rings is 1. The van der Waals surface area contributed by atoms with E-state index in [1.165, 1.54) is 25.6 Å². The number of amides is 2. The number of methoxy groups -OCH3 is 1. The van der Waals surface area contributed by atoms with E-state index >= 15 is 0 Å². The van der Waals surface area contributed by atoms with Crippen molar-refractivity contribution in [1.29, 1.82) is 5.26 Å². The molecule has 30 heavy (non-hydrogen) atoms. The summed E-state index contributed by atoms with van der Waals surface area (Å²) in [5.74, 6) is -1.14. The third-order valence-corrected chi connectivity index (χ3v) is 4.59. The van der Waals surface area contributed by atoms with Crippen LogP contribution in [0.15, 0.2) is 58.9 Å². The molecule has 9 heteroatoms. The molecule has 0 unspecified atom stereocenters. The summed E-state index contributed by atoms with van der Waals surface area (Å²) in [4.78, 5) is 40.2. The first-order valence-electron chi connectivity index (χ1n) is 9.21.